The second-order valence-electron chi connectivity index (χ2n) is 6.90. The van der Waals surface area contributed by atoms with Crippen molar-refractivity contribution in [1.29, 1.82) is 5.26 Å². The zero-order chi connectivity index (χ0) is 16.9. The molecule has 0 aliphatic carbocycles. The molecule has 2 aliphatic rings. The Balaban J connectivity index is 2.19. The van der Waals surface area contributed by atoms with Crippen molar-refractivity contribution in [2.75, 3.05) is 45.9 Å². The smallest absolute Gasteiger partial charge is 0.320 e. The molecule has 0 saturated carbocycles. The molecule has 2 aliphatic heterocycles. The summed E-state index contributed by atoms with van der Waals surface area (Å²) in [5.41, 5.74) is -0.272. The number of hydrogen-bond donors (Lipinski definition) is 0. The van der Waals surface area contributed by atoms with Crippen LogP contribution in [0.5, 0.6) is 0 Å². The summed E-state index contributed by atoms with van der Waals surface area (Å²) in [6.07, 6.45) is 2.72. The van der Waals surface area contributed by atoms with Gasteiger partial charge in [-0.25, -0.2) is 0 Å². The van der Waals surface area contributed by atoms with E-state index in [1.165, 1.54) is 0 Å². The number of esters is 1. The van der Waals surface area contributed by atoms with Gasteiger partial charge in [-0.05, 0) is 33.1 Å². The fourth-order valence-electron chi connectivity index (χ4n) is 3.89. The minimum atomic E-state index is -0.166. The van der Waals surface area contributed by atoms with Gasteiger partial charge in [0.25, 0.3) is 0 Å². The van der Waals surface area contributed by atoms with Crippen molar-refractivity contribution in [3.05, 3.63) is 0 Å². The lowest BCUT2D eigenvalue weighted by Crippen LogP contribution is -2.67. The Labute approximate surface area is 139 Å². The molecule has 6 nitrogen and oxygen atoms in total. The van der Waals surface area contributed by atoms with Crippen LogP contribution in [0.3, 0.4) is 0 Å². The highest BCUT2D eigenvalue weighted by molar-refractivity contribution is 5.71. The molecule has 23 heavy (non-hydrogen) atoms. The molecule has 2 heterocycles. The average molecular weight is 323 g/mol. The van der Waals surface area contributed by atoms with Gasteiger partial charge in [-0.15, -0.1) is 0 Å². The maximum Gasteiger partial charge on any atom is 0.320 e. The second kappa shape index (κ2) is 7.61. The number of rotatable bonds is 5. The first-order valence-corrected chi connectivity index (χ1v) is 8.61. The van der Waals surface area contributed by atoms with Crippen LogP contribution in [-0.4, -0.2) is 72.8 Å². The Morgan fingerprint density at radius 2 is 2.17 bits per heavy atom. The highest BCUT2D eigenvalue weighted by Crippen LogP contribution is 2.40. The minimum absolute atomic E-state index is 0.106. The molecule has 0 aromatic heterocycles. The molecule has 6 heteroatoms. The van der Waals surface area contributed by atoms with Gasteiger partial charge >= 0.3 is 5.97 Å². The van der Waals surface area contributed by atoms with Crippen LogP contribution in [0.15, 0.2) is 0 Å². The largest absolute Gasteiger partial charge is 0.465 e. The Morgan fingerprint density at radius 3 is 2.83 bits per heavy atom. The maximum atomic E-state index is 12.0. The number of nitriles is 1. The molecule has 0 bridgehead atoms. The third-order valence-electron chi connectivity index (χ3n) is 5.26. The van der Waals surface area contributed by atoms with Crippen LogP contribution >= 0.6 is 0 Å². The first-order valence-electron chi connectivity index (χ1n) is 8.61. The van der Waals surface area contributed by atoms with Crippen LogP contribution < -0.4 is 0 Å². The van der Waals surface area contributed by atoms with Gasteiger partial charge in [-0.1, -0.05) is 6.92 Å². The van der Waals surface area contributed by atoms with Crippen molar-refractivity contribution in [3.63, 3.8) is 0 Å². The zero-order valence-corrected chi connectivity index (χ0v) is 14.6. The summed E-state index contributed by atoms with van der Waals surface area (Å²) < 4.78 is 11.2. The molecule has 2 saturated heterocycles. The Bertz CT molecular complexity index is 464. The number of carbonyl (C=O) groups excluding carboxylic acids is 1. The van der Waals surface area contributed by atoms with E-state index in [9.17, 15) is 4.79 Å². The van der Waals surface area contributed by atoms with E-state index in [0.717, 1.165) is 38.9 Å². The quantitative estimate of drug-likeness (QED) is 0.563. The molecule has 0 N–H and O–H groups in total. The highest BCUT2D eigenvalue weighted by atomic mass is 16.5. The molecule has 130 valence electrons. The summed E-state index contributed by atoms with van der Waals surface area (Å²) in [5.74, 6) is -0.162. The van der Waals surface area contributed by atoms with Crippen molar-refractivity contribution in [2.24, 2.45) is 0 Å². The van der Waals surface area contributed by atoms with Gasteiger partial charge in [0.2, 0.25) is 0 Å². The topological polar surface area (TPSA) is 65.8 Å². The minimum Gasteiger partial charge on any atom is -0.465 e. The molecular formula is C17H29N3O3. The number of nitrogens with zero attached hydrogens (tertiary/aromatic N) is 3. The van der Waals surface area contributed by atoms with E-state index in [1.54, 1.807) is 0 Å². The van der Waals surface area contributed by atoms with E-state index in [1.807, 2.05) is 6.92 Å². The van der Waals surface area contributed by atoms with Gasteiger partial charge in [0, 0.05) is 31.8 Å². The summed E-state index contributed by atoms with van der Waals surface area (Å²) in [5, 5.41) is 9.03. The summed E-state index contributed by atoms with van der Waals surface area (Å²) in [7, 11) is 0. The van der Waals surface area contributed by atoms with Crippen molar-refractivity contribution in [2.45, 2.75) is 51.2 Å². The average Bonchev–Trinajstić information content (AvgIpc) is 2.51. The third-order valence-corrected chi connectivity index (χ3v) is 5.26. The zero-order valence-electron chi connectivity index (χ0n) is 14.6. The van der Waals surface area contributed by atoms with Gasteiger partial charge in [0.15, 0.2) is 0 Å². The van der Waals surface area contributed by atoms with Crippen molar-refractivity contribution in [3.8, 4) is 6.07 Å². The van der Waals surface area contributed by atoms with Gasteiger partial charge in [-0.2, -0.15) is 5.26 Å². The van der Waals surface area contributed by atoms with Crippen LogP contribution in [0.2, 0.25) is 0 Å². The standard InChI is InChI=1S/C17H29N3O3/c1-4-16(3)13-17(6-11-23-16)14-19(8-7-18)9-10-20(17)12-15(21)22-5-2/h4-6,8-14H2,1-3H3/t16-,17-/m1/s1. The Kier molecular flexibility index (Phi) is 6.01. The first kappa shape index (κ1) is 18.2. The number of piperazine rings is 1. The summed E-state index contributed by atoms with van der Waals surface area (Å²) in [6.45, 7) is 10.4. The number of carbonyl (C=O) groups is 1. The number of hydrogen-bond acceptors (Lipinski definition) is 6. The van der Waals surface area contributed by atoms with Crippen molar-refractivity contribution >= 4 is 5.97 Å². The molecule has 0 aromatic rings. The van der Waals surface area contributed by atoms with E-state index in [2.05, 4.69) is 29.7 Å². The molecule has 0 aromatic carbocycles. The van der Waals surface area contributed by atoms with E-state index >= 15 is 0 Å². The number of ether oxygens (including phenoxy) is 2. The SMILES string of the molecule is CCOC(=O)CN1CCN(CC#N)C[C@]12CCO[C@](C)(CC)C2. The van der Waals surface area contributed by atoms with Crippen LogP contribution in [0.1, 0.15) is 40.0 Å². The molecule has 0 amide bonds. The highest BCUT2D eigenvalue weighted by Gasteiger charge is 2.49. The fourth-order valence-corrected chi connectivity index (χ4v) is 3.89. The predicted octanol–water partition coefficient (Wildman–Crippen LogP) is 1.41. The third kappa shape index (κ3) is 4.23. The monoisotopic (exact) mass is 323 g/mol. The van der Waals surface area contributed by atoms with Gasteiger partial charge in [0.1, 0.15) is 0 Å². The summed E-state index contributed by atoms with van der Waals surface area (Å²) in [6, 6.07) is 2.25. The molecule has 2 fully saturated rings. The normalized spacial score (nSPS) is 32.6. The van der Waals surface area contributed by atoms with Gasteiger partial charge in [0.05, 0.1) is 31.4 Å². The Hall–Kier alpha value is -1.16. The van der Waals surface area contributed by atoms with Crippen molar-refractivity contribution < 1.29 is 14.3 Å². The summed E-state index contributed by atoms with van der Waals surface area (Å²) >= 11 is 0. The Morgan fingerprint density at radius 1 is 1.39 bits per heavy atom. The lowest BCUT2D eigenvalue weighted by Gasteiger charge is -2.55. The van der Waals surface area contributed by atoms with Gasteiger partial charge < -0.3 is 9.47 Å². The van der Waals surface area contributed by atoms with E-state index in [4.69, 9.17) is 14.7 Å². The van der Waals surface area contributed by atoms with E-state index in [0.29, 0.717) is 26.3 Å². The van der Waals surface area contributed by atoms with Crippen LogP contribution in [0.4, 0.5) is 0 Å². The summed E-state index contributed by atoms with van der Waals surface area (Å²) in [4.78, 5) is 16.5. The van der Waals surface area contributed by atoms with Crippen LogP contribution in [0, 0.1) is 11.3 Å². The van der Waals surface area contributed by atoms with Crippen molar-refractivity contribution in [1.82, 2.24) is 9.80 Å². The van der Waals surface area contributed by atoms with Gasteiger partial charge in [-0.3, -0.25) is 14.6 Å². The fraction of sp³-hybridized carbons (Fsp3) is 0.882. The van der Waals surface area contributed by atoms with Crippen LogP contribution in [0.25, 0.3) is 0 Å². The predicted molar refractivity (Wildman–Crippen MR) is 86.9 cm³/mol. The molecule has 1 spiro atoms. The molecule has 0 unspecified atom stereocenters. The first-order chi connectivity index (χ1) is 11.0. The van der Waals surface area contributed by atoms with E-state index < -0.39 is 0 Å². The molecule has 2 rings (SSSR count). The maximum absolute atomic E-state index is 12.0. The lowest BCUT2D eigenvalue weighted by atomic mass is 9.76. The van der Waals surface area contributed by atoms with Crippen LogP contribution in [-0.2, 0) is 14.3 Å². The molecule has 2 atom stereocenters. The molecular weight excluding hydrogens is 294 g/mol. The molecule has 0 radical (unpaired) electrons. The second-order valence-corrected chi connectivity index (χ2v) is 6.90. The lowest BCUT2D eigenvalue weighted by molar-refractivity contribution is -0.164. The van der Waals surface area contributed by atoms with E-state index in [-0.39, 0.29) is 17.1 Å².